The molecule has 1 heterocycles. The molecule has 0 amide bonds. The lowest BCUT2D eigenvalue weighted by Crippen LogP contribution is -1.96. The molecule has 0 spiro atoms. The lowest BCUT2D eigenvalue weighted by Gasteiger charge is -2.11. The highest BCUT2D eigenvalue weighted by molar-refractivity contribution is 5.89. The molecule has 0 aliphatic heterocycles. The average Bonchev–Trinajstić information content (AvgIpc) is 3.35. The number of aliphatic hydroxyl groups is 1. The summed E-state index contributed by atoms with van der Waals surface area (Å²) in [6.45, 7) is 1.59. The maximum Gasteiger partial charge on any atom is 0.198 e. The molecule has 4 rings (SSSR count). The Morgan fingerprint density at radius 3 is 2.88 bits per heavy atom. The van der Waals surface area contributed by atoms with E-state index in [4.69, 9.17) is 4.42 Å². The Balaban J connectivity index is 2.03. The summed E-state index contributed by atoms with van der Waals surface area (Å²) in [5, 5.41) is 18.9. The molecule has 0 atom stereocenters. The van der Waals surface area contributed by atoms with Gasteiger partial charge in [-0.15, -0.1) is 0 Å². The standard InChI is InChI=1S/C19H15FN2O2/c1-10-14(8-21)17-18(24-19(22-17)12-5-6-12)16(20)15(10)13-4-2-3-11(7-13)9-23/h2-4,7,12,23H,5-6,9H2,1H3. The third-order valence-electron chi connectivity index (χ3n) is 4.49. The molecule has 120 valence electrons. The van der Waals surface area contributed by atoms with Crippen LogP contribution in [0, 0.1) is 24.1 Å². The fourth-order valence-corrected chi connectivity index (χ4v) is 3.05. The summed E-state index contributed by atoms with van der Waals surface area (Å²) in [4.78, 5) is 4.37. The first-order valence-corrected chi connectivity index (χ1v) is 7.86. The first-order valence-electron chi connectivity index (χ1n) is 7.86. The first kappa shape index (κ1) is 14.9. The van der Waals surface area contributed by atoms with Gasteiger partial charge in [0.05, 0.1) is 12.2 Å². The van der Waals surface area contributed by atoms with Gasteiger partial charge in [-0.2, -0.15) is 5.26 Å². The molecule has 1 fully saturated rings. The minimum Gasteiger partial charge on any atom is -0.437 e. The third kappa shape index (κ3) is 2.19. The topological polar surface area (TPSA) is 70.1 Å². The zero-order valence-electron chi connectivity index (χ0n) is 13.1. The van der Waals surface area contributed by atoms with E-state index >= 15 is 4.39 Å². The number of aliphatic hydroxyl groups excluding tert-OH is 1. The zero-order chi connectivity index (χ0) is 16.8. The van der Waals surface area contributed by atoms with E-state index in [1.165, 1.54) is 0 Å². The van der Waals surface area contributed by atoms with E-state index in [0.717, 1.165) is 12.8 Å². The molecule has 0 unspecified atom stereocenters. The van der Waals surface area contributed by atoms with Crippen LogP contribution in [-0.2, 0) is 6.61 Å². The number of hydrogen-bond acceptors (Lipinski definition) is 4. The van der Waals surface area contributed by atoms with Gasteiger partial charge in [-0.1, -0.05) is 18.2 Å². The van der Waals surface area contributed by atoms with E-state index in [9.17, 15) is 10.4 Å². The molecule has 0 radical (unpaired) electrons. The van der Waals surface area contributed by atoms with Gasteiger partial charge in [0.2, 0.25) is 0 Å². The second-order valence-corrected chi connectivity index (χ2v) is 6.16. The minimum absolute atomic E-state index is 0.0449. The van der Waals surface area contributed by atoms with Crippen molar-refractivity contribution in [2.24, 2.45) is 0 Å². The van der Waals surface area contributed by atoms with Gasteiger partial charge in [0.15, 0.2) is 17.3 Å². The van der Waals surface area contributed by atoms with E-state index in [2.05, 4.69) is 11.1 Å². The molecule has 0 bridgehead atoms. The highest BCUT2D eigenvalue weighted by Crippen LogP contribution is 2.43. The number of benzene rings is 2. The molecule has 1 aromatic heterocycles. The Labute approximate surface area is 138 Å². The van der Waals surface area contributed by atoms with Crippen LogP contribution in [0.25, 0.3) is 22.2 Å². The minimum atomic E-state index is -0.504. The maximum absolute atomic E-state index is 15.2. The van der Waals surface area contributed by atoms with Crippen molar-refractivity contribution in [3.8, 4) is 17.2 Å². The van der Waals surface area contributed by atoms with Crippen LogP contribution in [0.1, 0.15) is 41.3 Å². The SMILES string of the molecule is Cc1c(-c2cccc(CO)c2)c(F)c2oc(C3CC3)nc2c1C#N. The summed E-state index contributed by atoms with van der Waals surface area (Å²) >= 11 is 0. The smallest absolute Gasteiger partial charge is 0.198 e. The highest BCUT2D eigenvalue weighted by atomic mass is 19.1. The Kier molecular flexibility index (Phi) is 3.36. The van der Waals surface area contributed by atoms with Crippen molar-refractivity contribution in [1.29, 1.82) is 5.26 Å². The maximum atomic E-state index is 15.2. The van der Waals surface area contributed by atoms with E-state index < -0.39 is 5.82 Å². The van der Waals surface area contributed by atoms with Gasteiger partial charge in [0.25, 0.3) is 0 Å². The van der Waals surface area contributed by atoms with Crippen molar-refractivity contribution >= 4 is 11.1 Å². The van der Waals surface area contributed by atoms with Crippen LogP contribution >= 0.6 is 0 Å². The second kappa shape index (κ2) is 5.43. The predicted molar refractivity (Wildman–Crippen MR) is 86.8 cm³/mol. The second-order valence-electron chi connectivity index (χ2n) is 6.16. The highest BCUT2D eigenvalue weighted by Gasteiger charge is 2.31. The van der Waals surface area contributed by atoms with Gasteiger partial charge in [-0.3, -0.25) is 0 Å². The molecule has 3 aromatic rings. The van der Waals surface area contributed by atoms with Crippen molar-refractivity contribution in [2.45, 2.75) is 32.3 Å². The Bertz CT molecular complexity index is 997. The van der Waals surface area contributed by atoms with Crippen molar-refractivity contribution in [3.05, 3.63) is 52.7 Å². The number of oxazole rings is 1. The molecule has 1 N–H and O–H groups in total. The molecule has 5 heteroatoms. The molecule has 1 aliphatic carbocycles. The lowest BCUT2D eigenvalue weighted by molar-refractivity contribution is 0.282. The molecule has 1 saturated carbocycles. The summed E-state index contributed by atoms with van der Waals surface area (Å²) in [6.07, 6.45) is 1.97. The quantitative estimate of drug-likeness (QED) is 0.785. The van der Waals surface area contributed by atoms with Crippen LogP contribution in [0.2, 0.25) is 0 Å². The van der Waals surface area contributed by atoms with E-state index in [1.807, 2.05) is 0 Å². The molecule has 4 nitrogen and oxygen atoms in total. The Morgan fingerprint density at radius 1 is 1.42 bits per heavy atom. The summed E-state index contributed by atoms with van der Waals surface area (Å²) in [5.41, 5.74) is 2.84. The number of rotatable bonds is 3. The van der Waals surface area contributed by atoms with Crippen molar-refractivity contribution in [1.82, 2.24) is 4.98 Å². The van der Waals surface area contributed by atoms with E-state index in [0.29, 0.717) is 39.2 Å². The van der Waals surface area contributed by atoms with Gasteiger partial charge in [-0.05, 0) is 42.5 Å². The van der Waals surface area contributed by atoms with Crippen LogP contribution in [0.4, 0.5) is 4.39 Å². The zero-order valence-corrected chi connectivity index (χ0v) is 13.1. The van der Waals surface area contributed by atoms with Gasteiger partial charge >= 0.3 is 0 Å². The van der Waals surface area contributed by atoms with Crippen LogP contribution in [-0.4, -0.2) is 10.1 Å². The van der Waals surface area contributed by atoms with Gasteiger partial charge in [0.1, 0.15) is 11.6 Å². The Morgan fingerprint density at radius 2 is 2.21 bits per heavy atom. The molecule has 0 saturated heterocycles. The summed E-state index contributed by atoms with van der Waals surface area (Å²) in [5.74, 6) is 0.252. The van der Waals surface area contributed by atoms with Crippen LogP contribution in [0.5, 0.6) is 0 Å². The number of hydrogen-bond donors (Lipinski definition) is 1. The number of aromatic nitrogens is 1. The number of nitrogens with zero attached hydrogens (tertiary/aromatic N) is 2. The van der Waals surface area contributed by atoms with Crippen molar-refractivity contribution in [2.75, 3.05) is 0 Å². The fraction of sp³-hybridized carbons (Fsp3) is 0.263. The number of nitriles is 1. The van der Waals surface area contributed by atoms with Crippen LogP contribution in [0.3, 0.4) is 0 Å². The van der Waals surface area contributed by atoms with E-state index in [1.54, 1.807) is 31.2 Å². The van der Waals surface area contributed by atoms with Crippen molar-refractivity contribution in [3.63, 3.8) is 0 Å². The molecular formula is C19H15FN2O2. The molecular weight excluding hydrogens is 307 g/mol. The lowest BCUT2D eigenvalue weighted by atomic mass is 9.94. The summed E-state index contributed by atoms with van der Waals surface area (Å²) in [7, 11) is 0. The summed E-state index contributed by atoms with van der Waals surface area (Å²) < 4.78 is 20.8. The van der Waals surface area contributed by atoms with Crippen LogP contribution < -0.4 is 0 Å². The number of halogens is 1. The van der Waals surface area contributed by atoms with Crippen LogP contribution in [0.15, 0.2) is 28.7 Å². The molecule has 24 heavy (non-hydrogen) atoms. The van der Waals surface area contributed by atoms with E-state index in [-0.39, 0.29) is 18.1 Å². The molecule has 1 aliphatic rings. The number of fused-ring (bicyclic) bond motifs is 1. The average molecular weight is 322 g/mol. The summed E-state index contributed by atoms with van der Waals surface area (Å²) in [6, 6.07) is 9.14. The van der Waals surface area contributed by atoms with Gasteiger partial charge in [-0.25, -0.2) is 9.37 Å². The predicted octanol–water partition coefficient (Wildman–Crippen LogP) is 4.18. The fourth-order valence-electron chi connectivity index (χ4n) is 3.05. The van der Waals surface area contributed by atoms with Crippen molar-refractivity contribution < 1.29 is 13.9 Å². The van der Waals surface area contributed by atoms with Gasteiger partial charge < -0.3 is 9.52 Å². The molecule has 2 aromatic carbocycles. The van der Waals surface area contributed by atoms with Gasteiger partial charge in [0, 0.05) is 11.5 Å². The normalized spacial score (nSPS) is 14.1. The first-order chi connectivity index (χ1) is 11.6. The Hall–Kier alpha value is -2.71. The monoisotopic (exact) mass is 322 g/mol. The third-order valence-corrected chi connectivity index (χ3v) is 4.49. The largest absolute Gasteiger partial charge is 0.437 e.